The van der Waals surface area contributed by atoms with Crippen molar-refractivity contribution in [3.05, 3.63) is 80.3 Å². The summed E-state index contributed by atoms with van der Waals surface area (Å²) in [5, 5.41) is 20.4. The predicted octanol–water partition coefficient (Wildman–Crippen LogP) is 4.37. The summed E-state index contributed by atoms with van der Waals surface area (Å²) in [6, 6.07) is 14.1. The van der Waals surface area contributed by atoms with Crippen molar-refractivity contribution >= 4 is 25.8 Å². The topological polar surface area (TPSA) is 113 Å². The Morgan fingerprint density at radius 2 is 1.91 bits per heavy atom. The first-order valence-corrected chi connectivity index (χ1v) is 12.3. The zero-order chi connectivity index (χ0) is 23.5. The summed E-state index contributed by atoms with van der Waals surface area (Å²) in [5.41, 5.74) is 0.112. The summed E-state index contributed by atoms with van der Waals surface area (Å²) in [4.78, 5) is 16.0. The molecule has 0 saturated heterocycles. The molecule has 0 spiro atoms. The van der Waals surface area contributed by atoms with Gasteiger partial charge in [0.15, 0.2) is 4.90 Å². The van der Waals surface area contributed by atoms with E-state index in [1.165, 1.54) is 16.7 Å². The van der Waals surface area contributed by atoms with Crippen molar-refractivity contribution in [1.82, 2.24) is 9.55 Å². The molecule has 0 aliphatic heterocycles. The van der Waals surface area contributed by atoms with E-state index in [4.69, 9.17) is 0 Å². The first-order chi connectivity index (χ1) is 15.2. The van der Waals surface area contributed by atoms with Gasteiger partial charge in [-0.2, -0.15) is 10.2 Å². The summed E-state index contributed by atoms with van der Waals surface area (Å²) in [6.07, 6.45) is 1.92. The number of benzene rings is 2. The van der Waals surface area contributed by atoms with Crippen LogP contribution in [0.25, 0.3) is 0 Å². The second kappa shape index (κ2) is 9.67. The Balaban J connectivity index is 2.26. The minimum absolute atomic E-state index is 0.123. The summed E-state index contributed by atoms with van der Waals surface area (Å²) in [5.74, 6) is -0.368. The maximum Gasteiger partial charge on any atom is 0.296 e. The quantitative estimate of drug-likeness (QED) is 0.499. The van der Waals surface area contributed by atoms with E-state index < -0.39 is 32.2 Å². The number of nitriles is 1. The van der Waals surface area contributed by atoms with Gasteiger partial charge in [0.1, 0.15) is 5.82 Å². The highest BCUT2D eigenvalue weighted by atomic mass is 79.9. The average molecular weight is 516 g/mol. The van der Waals surface area contributed by atoms with Gasteiger partial charge >= 0.3 is 0 Å². The van der Waals surface area contributed by atoms with E-state index in [0.29, 0.717) is 34.3 Å². The lowest BCUT2D eigenvalue weighted by atomic mass is 10.0. The van der Waals surface area contributed by atoms with Crippen LogP contribution in [0.1, 0.15) is 49.7 Å². The number of rotatable bonds is 7. The van der Waals surface area contributed by atoms with Crippen LogP contribution in [0.2, 0.25) is 0 Å². The van der Waals surface area contributed by atoms with Crippen molar-refractivity contribution in [3.8, 4) is 11.9 Å². The van der Waals surface area contributed by atoms with Crippen molar-refractivity contribution in [3.63, 3.8) is 0 Å². The van der Waals surface area contributed by atoms with Gasteiger partial charge < -0.3 is 5.11 Å². The number of aromatic hydroxyl groups is 1. The van der Waals surface area contributed by atoms with Crippen molar-refractivity contribution < 1.29 is 13.5 Å². The lowest BCUT2D eigenvalue weighted by molar-refractivity contribution is 0.369. The van der Waals surface area contributed by atoms with Crippen LogP contribution < -0.4 is 5.56 Å². The molecule has 3 rings (SSSR count). The first kappa shape index (κ1) is 23.7. The molecule has 0 bridgehead atoms. The minimum atomic E-state index is -4.32. The van der Waals surface area contributed by atoms with Gasteiger partial charge in [-0.1, -0.05) is 41.4 Å². The molecule has 0 amide bonds. The zero-order valence-corrected chi connectivity index (χ0v) is 20.0. The molecule has 1 heterocycles. The molecule has 0 radical (unpaired) electrons. The van der Waals surface area contributed by atoms with E-state index in [2.05, 4.69) is 27.0 Å². The zero-order valence-electron chi connectivity index (χ0n) is 17.6. The number of sulfone groups is 1. The molecule has 0 saturated carbocycles. The molecular weight excluding hydrogens is 494 g/mol. The fourth-order valence-electron chi connectivity index (χ4n) is 3.45. The van der Waals surface area contributed by atoms with Crippen molar-refractivity contribution in [2.45, 2.75) is 48.9 Å². The van der Waals surface area contributed by atoms with Crippen LogP contribution in [0, 0.1) is 11.3 Å². The van der Waals surface area contributed by atoms with Crippen molar-refractivity contribution in [2.24, 2.45) is 0 Å². The maximum atomic E-state index is 13.3. The first-order valence-electron chi connectivity index (χ1n) is 10.1. The average Bonchev–Trinajstić information content (AvgIpc) is 2.77. The molecule has 0 aliphatic carbocycles. The molecule has 9 heteroatoms. The Kier molecular flexibility index (Phi) is 7.16. The molecule has 32 heavy (non-hydrogen) atoms. The number of hydrogen-bond donors (Lipinski definition) is 1. The van der Waals surface area contributed by atoms with E-state index in [-0.39, 0.29) is 4.90 Å². The van der Waals surface area contributed by atoms with E-state index >= 15 is 0 Å². The van der Waals surface area contributed by atoms with Gasteiger partial charge in [-0.25, -0.2) is 8.42 Å². The van der Waals surface area contributed by atoms with Gasteiger partial charge in [0.05, 0.1) is 22.6 Å². The third kappa shape index (κ3) is 4.61. The minimum Gasteiger partial charge on any atom is -0.493 e. The summed E-state index contributed by atoms with van der Waals surface area (Å²) >= 11 is 3.25. The number of aromatic nitrogens is 2. The lowest BCUT2D eigenvalue weighted by Gasteiger charge is -2.23. The van der Waals surface area contributed by atoms with Crippen LogP contribution >= 0.6 is 15.9 Å². The van der Waals surface area contributed by atoms with Gasteiger partial charge in [0, 0.05) is 10.9 Å². The molecule has 0 fully saturated rings. The van der Waals surface area contributed by atoms with Crippen LogP contribution in [0.5, 0.6) is 5.88 Å². The molecule has 2 aromatic carbocycles. The molecule has 1 unspecified atom stereocenters. The van der Waals surface area contributed by atoms with Crippen LogP contribution in [-0.4, -0.2) is 23.1 Å². The molecule has 1 aromatic heterocycles. The Bertz CT molecular complexity index is 1340. The molecule has 166 valence electrons. The normalized spacial score (nSPS) is 12.3. The fourth-order valence-corrected chi connectivity index (χ4v) is 5.06. The molecule has 7 nitrogen and oxygen atoms in total. The Labute approximate surface area is 195 Å². The van der Waals surface area contributed by atoms with Crippen molar-refractivity contribution in [2.75, 3.05) is 0 Å². The highest BCUT2D eigenvalue weighted by molar-refractivity contribution is 9.10. The Morgan fingerprint density at radius 1 is 1.22 bits per heavy atom. The predicted molar refractivity (Wildman–Crippen MR) is 123 cm³/mol. The Hall–Kier alpha value is -2.96. The second-order valence-electron chi connectivity index (χ2n) is 7.33. The second-order valence-corrected chi connectivity index (χ2v) is 10.1. The largest absolute Gasteiger partial charge is 0.493 e. The maximum absolute atomic E-state index is 13.3. The third-order valence-corrected chi connectivity index (χ3v) is 7.48. The molecular formula is C23H22BrN3O4S. The molecule has 1 N–H and O–H groups in total. The van der Waals surface area contributed by atoms with E-state index in [9.17, 15) is 23.6 Å². The number of nitrogens with zero attached hydrogens (tertiary/aromatic N) is 3. The standard InChI is InChI=1S/C23H22BrN3O4S/c1-3-4-8-20-26-22(28)21(32(30,31)19-11-9-18(24)10-12-19)23(29)27(20)15(2)17-7-5-6-16(13-17)14-25/h5-7,9-13,15,29H,3-4,8H2,1-2H3. The monoisotopic (exact) mass is 515 g/mol. The number of aryl methyl sites for hydroxylation is 1. The molecule has 1 atom stereocenters. The summed E-state index contributed by atoms with van der Waals surface area (Å²) < 4.78 is 28.6. The van der Waals surface area contributed by atoms with Crippen LogP contribution in [0.15, 0.2) is 67.6 Å². The summed E-state index contributed by atoms with van der Waals surface area (Å²) in [7, 11) is -4.32. The van der Waals surface area contributed by atoms with Gasteiger partial charge in [-0.3, -0.25) is 9.36 Å². The van der Waals surface area contributed by atoms with E-state index in [1.54, 1.807) is 43.3 Å². The summed E-state index contributed by atoms with van der Waals surface area (Å²) in [6.45, 7) is 3.74. The van der Waals surface area contributed by atoms with E-state index in [0.717, 1.165) is 6.42 Å². The van der Waals surface area contributed by atoms with Gasteiger partial charge in [-0.05, 0) is 55.3 Å². The SMILES string of the molecule is CCCCc1nc(=O)c(S(=O)(=O)c2ccc(Br)cc2)c(O)n1C(C)c1cccc(C#N)c1. The highest BCUT2D eigenvalue weighted by Gasteiger charge is 2.31. The van der Waals surface area contributed by atoms with Gasteiger partial charge in [0.2, 0.25) is 15.7 Å². The smallest absolute Gasteiger partial charge is 0.296 e. The van der Waals surface area contributed by atoms with Crippen LogP contribution in [-0.2, 0) is 16.3 Å². The van der Waals surface area contributed by atoms with Gasteiger partial charge in [0.25, 0.3) is 5.56 Å². The Morgan fingerprint density at radius 3 is 2.53 bits per heavy atom. The lowest BCUT2D eigenvalue weighted by Crippen LogP contribution is -2.27. The van der Waals surface area contributed by atoms with Crippen LogP contribution in [0.4, 0.5) is 0 Å². The third-order valence-electron chi connectivity index (χ3n) is 5.17. The van der Waals surface area contributed by atoms with Crippen LogP contribution in [0.3, 0.4) is 0 Å². The number of hydrogen-bond acceptors (Lipinski definition) is 6. The fraction of sp³-hybridized carbons (Fsp3) is 0.261. The highest BCUT2D eigenvalue weighted by Crippen LogP contribution is 2.32. The number of halogens is 1. The van der Waals surface area contributed by atoms with Crippen molar-refractivity contribution in [1.29, 1.82) is 5.26 Å². The van der Waals surface area contributed by atoms with Gasteiger partial charge in [-0.15, -0.1) is 0 Å². The van der Waals surface area contributed by atoms with E-state index in [1.807, 2.05) is 6.92 Å². The molecule has 3 aromatic rings. The number of unbranched alkanes of at least 4 members (excludes halogenated alkanes) is 1. The molecule has 0 aliphatic rings.